The molecule has 0 radical (unpaired) electrons. The maximum Gasteiger partial charge on any atom is 0.345 e. The minimum Gasteiger partial charge on any atom is -0.320 e. The highest BCUT2D eigenvalue weighted by Crippen LogP contribution is 2.44. The zero-order valence-corrected chi connectivity index (χ0v) is 7.98. The van der Waals surface area contributed by atoms with E-state index in [1.54, 1.807) is 6.92 Å². The smallest absolute Gasteiger partial charge is 0.320 e. The molecule has 1 fully saturated rings. The van der Waals surface area contributed by atoms with E-state index in [-0.39, 0.29) is 5.69 Å². The number of H-pyrrole nitrogens is 1. The molecule has 2 rings (SSSR count). The number of aromatic amines is 1. The summed E-state index contributed by atoms with van der Waals surface area (Å²) >= 11 is 5.98. The minimum absolute atomic E-state index is 0.381. The van der Waals surface area contributed by atoms with Crippen molar-refractivity contribution < 1.29 is 0 Å². The Morgan fingerprint density at radius 1 is 1.62 bits per heavy atom. The van der Waals surface area contributed by atoms with Gasteiger partial charge in [-0.2, -0.15) is 4.98 Å². The van der Waals surface area contributed by atoms with Crippen molar-refractivity contribution in [3.05, 3.63) is 26.9 Å². The van der Waals surface area contributed by atoms with Gasteiger partial charge in [0.25, 0.3) is 0 Å². The van der Waals surface area contributed by atoms with Crippen LogP contribution in [0.3, 0.4) is 0 Å². The first-order chi connectivity index (χ1) is 6.03. The zero-order valence-electron chi connectivity index (χ0n) is 7.22. The van der Waals surface area contributed by atoms with E-state index in [1.807, 2.05) is 0 Å². The zero-order chi connectivity index (χ0) is 9.64. The van der Waals surface area contributed by atoms with Crippen LogP contribution in [0.5, 0.6) is 0 Å². The average Bonchev–Trinajstić information content (AvgIpc) is 2.77. The van der Waals surface area contributed by atoms with Gasteiger partial charge in [0.15, 0.2) is 0 Å². The molecule has 1 heterocycles. The Morgan fingerprint density at radius 3 is 2.77 bits per heavy atom. The van der Waals surface area contributed by atoms with Crippen LogP contribution in [0.25, 0.3) is 0 Å². The molecule has 0 aromatic carbocycles. The third kappa shape index (κ3) is 1.36. The van der Waals surface area contributed by atoms with Gasteiger partial charge in [-0.05, 0) is 19.8 Å². The Morgan fingerprint density at radius 2 is 2.23 bits per heavy atom. The number of hydrogen-bond acceptors (Lipinski definition) is 3. The second-order valence-electron chi connectivity index (χ2n) is 3.49. The highest BCUT2D eigenvalue weighted by atomic mass is 35.5. The van der Waals surface area contributed by atoms with Crippen molar-refractivity contribution in [1.29, 1.82) is 0 Å². The number of nitrogens with zero attached hydrogens (tertiary/aromatic N) is 1. The van der Waals surface area contributed by atoms with Crippen LogP contribution in [0.4, 0.5) is 0 Å². The first kappa shape index (κ1) is 8.72. The molecular weight excluding hydrogens is 190 g/mol. The van der Waals surface area contributed by atoms with E-state index in [9.17, 15) is 4.79 Å². The van der Waals surface area contributed by atoms with Crippen LogP contribution in [-0.2, 0) is 5.54 Å². The Balaban J connectivity index is 2.63. The summed E-state index contributed by atoms with van der Waals surface area (Å²) in [5.74, 6) is 0. The van der Waals surface area contributed by atoms with E-state index < -0.39 is 5.54 Å². The molecule has 0 atom stereocenters. The van der Waals surface area contributed by atoms with Gasteiger partial charge in [-0.3, -0.25) is 0 Å². The topological polar surface area (TPSA) is 71.8 Å². The molecule has 1 aliphatic rings. The summed E-state index contributed by atoms with van der Waals surface area (Å²) in [7, 11) is 0. The molecule has 1 aromatic heterocycles. The van der Waals surface area contributed by atoms with Gasteiger partial charge in [0.05, 0.1) is 16.3 Å². The predicted octanol–water partition coefficient (Wildman–Crippen LogP) is 0.680. The van der Waals surface area contributed by atoms with Gasteiger partial charge in [-0.15, -0.1) is 0 Å². The highest BCUT2D eigenvalue weighted by molar-refractivity contribution is 6.31. The molecule has 0 aliphatic heterocycles. The molecule has 0 bridgehead atoms. The van der Waals surface area contributed by atoms with Crippen LogP contribution in [0.15, 0.2) is 4.79 Å². The monoisotopic (exact) mass is 199 g/mol. The molecule has 0 amide bonds. The molecule has 3 N–H and O–H groups in total. The maximum absolute atomic E-state index is 11.1. The van der Waals surface area contributed by atoms with Crippen molar-refractivity contribution in [3.63, 3.8) is 0 Å². The van der Waals surface area contributed by atoms with E-state index in [0.29, 0.717) is 16.4 Å². The summed E-state index contributed by atoms with van der Waals surface area (Å²) in [5, 5.41) is 0.486. The number of aromatic nitrogens is 2. The molecule has 1 saturated carbocycles. The van der Waals surface area contributed by atoms with E-state index in [4.69, 9.17) is 17.3 Å². The molecular formula is C8H10ClN3O. The van der Waals surface area contributed by atoms with E-state index >= 15 is 0 Å². The molecule has 1 aromatic rings. The molecule has 0 saturated heterocycles. The van der Waals surface area contributed by atoms with Crippen molar-refractivity contribution in [1.82, 2.24) is 9.97 Å². The van der Waals surface area contributed by atoms with Crippen LogP contribution < -0.4 is 11.4 Å². The second kappa shape index (κ2) is 2.56. The standard InChI is InChI=1S/C8H10ClN3O/c1-4-5(9)6(8(10)2-3-8)12-7(13)11-4/h2-3,10H2,1H3,(H,11,12,13). The largest absolute Gasteiger partial charge is 0.345 e. The molecule has 4 nitrogen and oxygen atoms in total. The summed E-state index contributed by atoms with van der Waals surface area (Å²) in [6, 6.07) is 0. The van der Waals surface area contributed by atoms with Crippen molar-refractivity contribution in [3.8, 4) is 0 Å². The van der Waals surface area contributed by atoms with Crippen molar-refractivity contribution in [2.45, 2.75) is 25.3 Å². The highest BCUT2D eigenvalue weighted by Gasteiger charge is 2.43. The van der Waals surface area contributed by atoms with E-state index in [0.717, 1.165) is 12.8 Å². The van der Waals surface area contributed by atoms with Gasteiger partial charge < -0.3 is 10.7 Å². The summed E-state index contributed by atoms with van der Waals surface area (Å²) < 4.78 is 0. The molecule has 70 valence electrons. The molecule has 0 spiro atoms. The lowest BCUT2D eigenvalue weighted by Gasteiger charge is -2.10. The Hall–Kier alpha value is -0.870. The predicted molar refractivity (Wildman–Crippen MR) is 49.7 cm³/mol. The third-order valence-corrected chi connectivity index (χ3v) is 2.77. The number of halogens is 1. The van der Waals surface area contributed by atoms with Gasteiger partial charge in [0.2, 0.25) is 0 Å². The SMILES string of the molecule is Cc1[nH]c(=O)nc(C2(N)CC2)c1Cl. The molecule has 0 unspecified atom stereocenters. The van der Waals surface area contributed by atoms with Crippen LogP contribution >= 0.6 is 11.6 Å². The quantitative estimate of drug-likeness (QED) is 0.699. The summed E-state index contributed by atoms with van der Waals surface area (Å²) in [4.78, 5) is 17.4. The first-order valence-electron chi connectivity index (χ1n) is 4.09. The Kier molecular flexibility index (Phi) is 1.72. The summed E-state index contributed by atoms with van der Waals surface area (Å²) in [5.41, 5.74) is 6.25. The van der Waals surface area contributed by atoms with Crippen molar-refractivity contribution in [2.24, 2.45) is 5.73 Å². The normalized spacial score (nSPS) is 18.7. The first-order valence-corrected chi connectivity index (χ1v) is 4.46. The van der Waals surface area contributed by atoms with Gasteiger partial charge >= 0.3 is 5.69 Å². The molecule has 13 heavy (non-hydrogen) atoms. The van der Waals surface area contributed by atoms with E-state index in [1.165, 1.54) is 0 Å². The fraction of sp³-hybridized carbons (Fsp3) is 0.500. The Labute approximate surface area is 80.1 Å². The maximum atomic E-state index is 11.1. The fourth-order valence-electron chi connectivity index (χ4n) is 1.27. The third-order valence-electron chi connectivity index (χ3n) is 2.31. The fourth-order valence-corrected chi connectivity index (χ4v) is 1.55. The van der Waals surface area contributed by atoms with E-state index in [2.05, 4.69) is 9.97 Å². The number of aryl methyl sites for hydroxylation is 1. The lowest BCUT2D eigenvalue weighted by Crippen LogP contribution is -2.26. The van der Waals surface area contributed by atoms with Gasteiger partial charge in [0, 0.05) is 5.69 Å². The lowest BCUT2D eigenvalue weighted by molar-refractivity contribution is 0.694. The van der Waals surface area contributed by atoms with Crippen LogP contribution in [0.2, 0.25) is 5.02 Å². The van der Waals surface area contributed by atoms with Gasteiger partial charge in [0.1, 0.15) is 0 Å². The van der Waals surface area contributed by atoms with Crippen molar-refractivity contribution in [2.75, 3.05) is 0 Å². The number of nitrogens with one attached hydrogen (secondary N) is 1. The summed E-state index contributed by atoms with van der Waals surface area (Å²) in [6.07, 6.45) is 1.70. The lowest BCUT2D eigenvalue weighted by atomic mass is 10.2. The number of hydrogen-bond donors (Lipinski definition) is 2. The van der Waals surface area contributed by atoms with Gasteiger partial charge in [-0.1, -0.05) is 11.6 Å². The van der Waals surface area contributed by atoms with Crippen molar-refractivity contribution >= 4 is 11.6 Å². The van der Waals surface area contributed by atoms with Gasteiger partial charge in [-0.25, -0.2) is 4.79 Å². The van der Waals surface area contributed by atoms with Crippen LogP contribution in [0, 0.1) is 6.92 Å². The second-order valence-corrected chi connectivity index (χ2v) is 3.86. The van der Waals surface area contributed by atoms with Crippen LogP contribution in [-0.4, -0.2) is 9.97 Å². The summed E-state index contributed by atoms with van der Waals surface area (Å²) in [6.45, 7) is 1.74. The molecule has 5 heteroatoms. The van der Waals surface area contributed by atoms with Crippen LogP contribution in [0.1, 0.15) is 24.2 Å². The molecule has 1 aliphatic carbocycles. The number of nitrogens with two attached hydrogens (primary N) is 1. The minimum atomic E-state index is -0.448. The average molecular weight is 200 g/mol. The Bertz CT molecular complexity index is 408. The number of rotatable bonds is 1.